The van der Waals surface area contributed by atoms with Crippen molar-refractivity contribution in [3.63, 3.8) is 0 Å². The molecule has 0 saturated carbocycles. The van der Waals surface area contributed by atoms with E-state index in [9.17, 15) is 4.79 Å². The number of aromatic nitrogens is 1. The highest BCUT2D eigenvalue weighted by molar-refractivity contribution is 5.92. The maximum Gasteiger partial charge on any atom is 0.240 e. The first kappa shape index (κ1) is 8.89. The SMILES string of the molecule is O=C=Nc1cccc2c1ccc1cccn12. The molecule has 3 aromatic rings. The zero-order valence-electron chi connectivity index (χ0n) is 8.42. The second kappa shape index (κ2) is 3.33. The van der Waals surface area contributed by atoms with E-state index in [2.05, 4.69) is 9.39 Å². The minimum absolute atomic E-state index is 0.656. The molecular weight excluding hydrogens is 200 g/mol. The molecule has 0 radical (unpaired) electrons. The molecule has 0 aliphatic heterocycles. The highest BCUT2D eigenvalue weighted by atomic mass is 16.1. The van der Waals surface area contributed by atoms with Crippen LogP contribution in [0.25, 0.3) is 16.4 Å². The Morgan fingerprint density at radius 3 is 2.88 bits per heavy atom. The highest BCUT2D eigenvalue weighted by Crippen LogP contribution is 2.26. The number of hydrogen-bond donors (Lipinski definition) is 0. The summed E-state index contributed by atoms with van der Waals surface area (Å²) in [4.78, 5) is 14.0. The molecule has 0 spiro atoms. The molecule has 0 atom stereocenters. The molecule has 0 saturated heterocycles. The first-order valence-corrected chi connectivity index (χ1v) is 4.97. The van der Waals surface area contributed by atoms with E-state index >= 15 is 0 Å². The van der Waals surface area contributed by atoms with Crippen LogP contribution in [0.3, 0.4) is 0 Å². The van der Waals surface area contributed by atoms with Gasteiger partial charge in [-0.3, -0.25) is 0 Å². The Bertz CT molecular complexity index is 721. The third-order valence-electron chi connectivity index (χ3n) is 2.69. The molecule has 76 valence electrons. The van der Waals surface area contributed by atoms with Crippen molar-refractivity contribution in [2.75, 3.05) is 0 Å². The monoisotopic (exact) mass is 208 g/mol. The molecule has 2 aromatic heterocycles. The molecule has 3 nitrogen and oxygen atoms in total. The number of fused-ring (bicyclic) bond motifs is 3. The summed E-state index contributed by atoms with van der Waals surface area (Å²) in [6.45, 7) is 0. The topological polar surface area (TPSA) is 33.8 Å². The Labute approximate surface area is 91.7 Å². The second-order valence-electron chi connectivity index (χ2n) is 3.55. The van der Waals surface area contributed by atoms with Crippen molar-refractivity contribution in [1.82, 2.24) is 4.40 Å². The minimum atomic E-state index is 0.656. The van der Waals surface area contributed by atoms with E-state index in [0.29, 0.717) is 5.69 Å². The van der Waals surface area contributed by atoms with Crippen molar-refractivity contribution in [2.45, 2.75) is 0 Å². The van der Waals surface area contributed by atoms with Crippen molar-refractivity contribution in [3.8, 4) is 0 Å². The Hall–Kier alpha value is -2.38. The first-order chi connectivity index (χ1) is 7.90. The number of aliphatic imine (C=N–C) groups is 1. The van der Waals surface area contributed by atoms with Crippen LogP contribution in [0, 0.1) is 0 Å². The number of isocyanates is 1. The van der Waals surface area contributed by atoms with Crippen LogP contribution in [0.15, 0.2) is 53.7 Å². The van der Waals surface area contributed by atoms with Gasteiger partial charge in [0, 0.05) is 17.1 Å². The van der Waals surface area contributed by atoms with Gasteiger partial charge in [-0.15, -0.1) is 0 Å². The minimum Gasteiger partial charge on any atom is -0.317 e. The summed E-state index contributed by atoms with van der Waals surface area (Å²) in [5, 5.41) is 0.953. The summed E-state index contributed by atoms with van der Waals surface area (Å²) in [5.74, 6) is 0. The quantitative estimate of drug-likeness (QED) is 0.447. The third kappa shape index (κ3) is 1.16. The average Bonchev–Trinajstić information content (AvgIpc) is 2.78. The molecule has 0 bridgehead atoms. The maximum atomic E-state index is 10.3. The molecule has 0 N–H and O–H groups in total. The van der Waals surface area contributed by atoms with Crippen molar-refractivity contribution >= 4 is 28.2 Å². The van der Waals surface area contributed by atoms with Crippen LogP contribution in [0.5, 0.6) is 0 Å². The lowest BCUT2D eigenvalue weighted by molar-refractivity contribution is 0.565. The standard InChI is InChI=1S/C13H8N2O/c16-9-14-12-4-1-5-13-11(12)7-6-10-3-2-8-15(10)13/h1-8H. The van der Waals surface area contributed by atoms with Gasteiger partial charge in [0.05, 0.1) is 11.2 Å². The number of benzene rings is 1. The van der Waals surface area contributed by atoms with Crippen LogP contribution in [-0.2, 0) is 4.79 Å². The number of nitrogens with zero attached hydrogens (tertiary/aromatic N) is 2. The van der Waals surface area contributed by atoms with Gasteiger partial charge in [0.15, 0.2) is 0 Å². The molecule has 3 heteroatoms. The maximum absolute atomic E-state index is 10.3. The van der Waals surface area contributed by atoms with Gasteiger partial charge in [0.25, 0.3) is 0 Å². The van der Waals surface area contributed by atoms with Crippen molar-refractivity contribution in [3.05, 3.63) is 48.7 Å². The molecule has 0 fully saturated rings. The molecule has 0 aliphatic rings. The van der Waals surface area contributed by atoms with Crippen molar-refractivity contribution < 1.29 is 4.79 Å². The van der Waals surface area contributed by atoms with E-state index in [4.69, 9.17) is 0 Å². The molecule has 0 amide bonds. The summed E-state index contributed by atoms with van der Waals surface area (Å²) in [7, 11) is 0. The van der Waals surface area contributed by atoms with E-state index < -0.39 is 0 Å². The molecule has 0 aliphatic carbocycles. The summed E-state index contributed by atoms with van der Waals surface area (Å²) in [6.07, 6.45) is 3.58. The summed E-state index contributed by atoms with van der Waals surface area (Å²) in [6, 6.07) is 13.7. The Balaban J connectivity index is 2.53. The van der Waals surface area contributed by atoms with Crippen molar-refractivity contribution in [2.24, 2.45) is 4.99 Å². The fourth-order valence-corrected chi connectivity index (χ4v) is 1.99. The van der Waals surface area contributed by atoms with Crippen LogP contribution >= 0.6 is 0 Å². The zero-order chi connectivity index (χ0) is 11.0. The van der Waals surface area contributed by atoms with E-state index in [1.165, 1.54) is 0 Å². The van der Waals surface area contributed by atoms with Crippen LogP contribution in [0.2, 0.25) is 0 Å². The summed E-state index contributed by atoms with van der Waals surface area (Å²) in [5.41, 5.74) is 2.82. The predicted octanol–water partition coefficient (Wildman–Crippen LogP) is 3.06. The lowest BCUT2D eigenvalue weighted by Crippen LogP contribution is -1.85. The van der Waals surface area contributed by atoms with Gasteiger partial charge in [-0.2, -0.15) is 4.99 Å². The predicted molar refractivity (Wildman–Crippen MR) is 62.7 cm³/mol. The fourth-order valence-electron chi connectivity index (χ4n) is 1.99. The van der Waals surface area contributed by atoms with Crippen LogP contribution < -0.4 is 0 Å². The average molecular weight is 208 g/mol. The van der Waals surface area contributed by atoms with Gasteiger partial charge in [0.2, 0.25) is 6.08 Å². The number of hydrogen-bond acceptors (Lipinski definition) is 2. The van der Waals surface area contributed by atoms with Gasteiger partial charge in [-0.05, 0) is 36.4 Å². The highest BCUT2D eigenvalue weighted by Gasteiger charge is 2.02. The Morgan fingerprint density at radius 2 is 2.00 bits per heavy atom. The van der Waals surface area contributed by atoms with Crippen LogP contribution in [0.4, 0.5) is 5.69 Å². The lowest BCUT2D eigenvalue weighted by Gasteiger charge is -2.04. The number of rotatable bonds is 1. The molecule has 3 rings (SSSR count). The van der Waals surface area contributed by atoms with E-state index in [1.54, 1.807) is 6.08 Å². The van der Waals surface area contributed by atoms with Crippen LogP contribution in [-0.4, -0.2) is 10.5 Å². The lowest BCUT2D eigenvalue weighted by atomic mass is 10.2. The molecular formula is C13H8N2O. The van der Waals surface area contributed by atoms with Crippen molar-refractivity contribution in [1.29, 1.82) is 0 Å². The largest absolute Gasteiger partial charge is 0.317 e. The number of pyridine rings is 1. The van der Waals surface area contributed by atoms with Crippen LogP contribution in [0.1, 0.15) is 0 Å². The second-order valence-corrected chi connectivity index (χ2v) is 3.55. The van der Waals surface area contributed by atoms with E-state index in [1.807, 2.05) is 48.7 Å². The summed E-state index contributed by atoms with van der Waals surface area (Å²) < 4.78 is 2.07. The summed E-state index contributed by atoms with van der Waals surface area (Å²) >= 11 is 0. The van der Waals surface area contributed by atoms with Gasteiger partial charge in [0.1, 0.15) is 0 Å². The molecule has 16 heavy (non-hydrogen) atoms. The van der Waals surface area contributed by atoms with Gasteiger partial charge >= 0.3 is 0 Å². The van der Waals surface area contributed by atoms with E-state index in [-0.39, 0.29) is 0 Å². The van der Waals surface area contributed by atoms with E-state index in [0.717, 1.165) is 16.4 Å². The molecule has 2 heterocycles. The van der Waals surface area contributed by atoms with Gasteiger partial charge in [-0.25, -0.2) is 4.79 Å². The first-order valence-electron chi connectivity index (χ1n) is 4.97. The van der Waals surface area contributed by atoms with Gasteiger partial charge < -0.3 is 4.40 Å². The number of carbonyl (C=O) groups excluding carboxylic acids is 1. The van der Waals surface area contributed by atoms with Gasteiger partial charge in [-0.1, -0.05) is 6.07 Å². The molecule has 0 unspecified atom stereocenters. The smallest absolute Gasteiger partial charge is 0.240 e. The normalized spacial score (nSPS) is 10.5. The Morgan fingerprint density at radius 1 is 1.06 bits per heavy atom. The fraction of sp³-hybridized carbons (Fsp3) is 0. The molecule has 1 aromatic carbocycles. The Kier molecular flexibility index (Phi) is 1.85. The zero-order valence-corrected chi connectivity index (χ0v) is 8.42. The third-order valence-corrected chi connectivity index (χ3v) is 2.69.